The van der Waals surface area contributed by atoms with Crippen molar-refractivity contribution < 1.29 is 0 Å². The van der Waals surface area contributed by atoms with Crippen LogP contribution in [0.1, 0.15) is 39.5 Å². The number of benzene rings is 1. The van der Waals surface area contributed by atoms with Gasteiger partial charge in [0.25, 0.3) is 0 Å². The van der Waals surface area contributed by atoms with Crippen LogP contribution in [0, 0.1) is 8.99 Å². The quantitative estimate of drug-likeness (QED) is 0.622. The molecular formula is C14H21IN2. The Labute approximate surface area is 117 Å². The first-order valence-corrected chi connectivity index (χ1v) is 7.36. The molecular weight excluding hydrogens is 323 g/mol. The summed E-state index contributed by atoms with van der Waals surface area (Å²) in [5.41, 5.74) is 8.50. The summed E-state index contributed by atoms with van der Waals surface area (Å²) < 4.78 is 1.19. The summed E-state index contributed by atoms with van der Waals surface area (Å²) in [5.74, 6) is 0. The van der Waals surface area contributed by atoms with Gasteiger partial charge in [0.15, 0.2) is 0 Å². The Morgan fingerprint density at radius 3 is 2.53 bits per heavy atom. The zero-order valence-electron chi connectivity index (χ0n) is 10.6. The second-order valence-corrected chi connectivity index (χ2v) is 7.06. The molecule has 0 saturated heterocycles. The predicted octanol–water partition coefficient (Wildman–Crippen LogP) is 4.25. The number of halogens is 1. The second kappa shape index (κ2) is 5.04. The van der Waals surface area contributed by atoms with Crippen molar-refractivity contribution in [2.45, 2.75) is 45.6 Å². The predicted molar refractivity (Wildman–Crippen MR) is 83.2 cm³/mol. The Morgan fingerprint density at radius 2 is 1.94 bits per heavy atom. The van der Waals surface area contributed by atoms with Crippen LogP contribution in [0.15, 0.2) is 18.2 Å². The van der Waals surface area contributed by atoms with E-state index in [2.05, 4.69) is 53.9 Å². The van der Waals surface area contributed by atoms with Crippen LogP contribution < -0.4 is 11.1 Å². The van der Waals surface area contributed by atoms with Crippen LogP contribution in [0.3, 0.4) is 0 Å². The third-order valence-electron chi connectivity index (χ3n) is 3.71. The maximum atomic E-state index is 6.02. The lowest BCUT2D eigenvalue weighted by molar-refractivity contribution is 0.232. The van der Waals surface area contributed by atoms with Crippen molar-refractivity contribution in [1.82, 2.24) is 0 Å². The monoisotopic (exact) mass is 344 g/mol. The minimum absolute atomic E-state index is 0.524. The summed E-state index contributed by atoms with van der Waals surface area (Å²) in [4.78, 5) is 0. The van der Waals surface area contributed by atoms with Crippen LogP contribution in [0.5, 0.6) is 0 Å². The minimum Gasteiger partial charge on any atom is -0.397 e. The highest BCUT2D eigenvalue weighted by Crippen LogP contribution is 2.36. The lowest BCUT2D eigenvalue weighted by Crippen LogP contribution is -2.30. The SMILES string of the molecule is CC1(C)CCC(Nc2ccc(I)cc2N)CC1. The van der Waals surface area contributed by atoms with E-state index in [0.717, 1.165) is 11.4 Å². The van der Waals surface area contributed by atoms with Gasteiger partial charge in [-0.05, 0) is 71.9 Å². The third-order valence-corrected chi connectivity index (χ3v) is 4.38. The van der Waals surface area contributed by atoms with Crippen molar-refractivity contribution in [3.63, 3.8) is 0 Å². The molecule has 0 radical (unpaired) electrons. The molecule has 94 valence electrons. The van der Waals surface area contributed by atoms with E-state index in [1.54, 1.807) is 0 Å². The number of anilines is 2. The molecule has 3 N–H and O–H groups in total. The van der Waals surface area contributed by atoms with Crippen molar-refractivity contribution in [2.24, 2.45) is 5.41 Å². The summed E-state index contributed by atoms with van der Waals surface area (Å²) in [7, 11) is 0. The molecule has 1 saturated carbocycles. The number of hydrogen-bond acceptors (Lipinski definition) is 2. The molecule has 0 heterocycles. The minimum atomic E-state index is 0.524. The van der Waals surface area contributed by atoms with Crippen molar-refractivity contribution >= 4 is 34.0 Å². The molecule has 17 heavy (non-hydrogen) atoms. The second-order valence-electron chi connectivity index (χ2n) is 5.81. The van der Waals surface area contributed by atoms with Gasteiger partial charge in [-0.1, -0.05) is 13.8 Å². The topological polar surface area (TPSA) is 38.0 Å². The van der Waals surface area contributed by atoms with Gasteiger partial charge in [-0.2, -0.15) is 0 Å². The molecule has 0 unspecified atom stereocenters. The largest absolute Gasteiger partial charge is 0.397 e. The number of rotatable bonds is 2. The Morgan fingerprint density at radius 1 is 1.29 bits per heavy atom. The molecule has 1 aliphatic carbocycles. The normalized spacial score (nSPS) is 20.2. The van der Waals surface area contributed by atoms with Gasteiger partial charge in [-0.3, -0.25) is 0 Å². The average Bonchev–Trinajstić information content (AvgIpc) is 2.25. The highest BCUT2D eigenvalue weighted by atomic mass is 127. The van der Waals surface area contributed by atoms with Crippen LogP contribution in [-0.2, 0) is 0 Å². The van der Waals surface area contributed by atoms with Crippen LogP contribution in [-0.4, -0.2) is 6.04 Å². The van der Waals surface area contributed by atoms with Gasteiger partial charge >= 0.3 is 0 Å². The number of hydrogen-bond donors (Lipinski definition) is 2. The van der Waals surface area contributed by atoms with Gasteiger partial charge in [0.05, 0.1) is 11.4 Å². The molecule has 0 atom stereocenters. The molecule has 2 nitrogen and oxygen atoms in total. The van der Waals surface area contributed by atoms with Crippen LogP contribution in [0.4, 0.5) is 11.4 Å². The van der Waals surface area contributed by atoms with E-state index >= 15 is 0 Å². The fraction of sp³-hybridized carbons (Fsp3) is 0.571. The lowest BCUT2D eigenvalue weighted by atomic mass is 9.75. The van der Waals surface area contributed by atoms with Gasteiger partial charge in [0.2, 0.25) is 0 Å². The van der Waals surface area contributed by atoms with Crippen LogP contribution >= 0.6 is 22.6 Å². The van der Waals surface area contributed by atoms with Gasteiger partial charge in [-0.25, -0.2) is 0 Å². The molecule has 0 aromatic heterocycles. The Hall–Kier alpha value is -0.450. The molecule has 0 spiro atoms. The van der Waals surface area contributed by atoms with Gasteiger partial charge in [0.1, 0.15) is 0 Å². The molecule has 1 aromatic rings. The summed E-state index contributed by atoms with van der Waals surface area (Å²) in [6, 6.07) is 6.81. The average molecular weight is 344 g/mol. The van der Waals surface area contributed by atoms with E-state index in [1.807, 2.05) is 6.07 Å². The Bertz CT molecular complexity index is 391. The number of nitrogen functional groups attached to an aromatic ring is 1. The maximum Gasteiger partial charge on any atom is 0.0576 e. The first kappa shape index (κ1) is 13.0. The molecule has 0 amide bonds. The smallest absolute Gasteiger partial charge is 0.0576 e. The fourth-order valence-corrected chi connectivity index (χ4v) is 2.94. The summed E-state index contributed by atoms with van der Waals surface area (Å²) >= 11 is 2.29. The van der Waals surface area contributed by atoms with Gasteiger partial charge < -0.3 is 11.1 Å². The maximum absolute atomic E-state index is 6.02. The van der Waals surface area contributed by atoms with E-state index in [0.29, 0.717) is 11.5 Å². The Kier molecular flexibility index (Phi) is 3.85. The zero-order chi connectivity index (χ0) is 12.5. The van der Waals surface area contributed by atoms with Gasteiger partial charge in [-0.15, -0.1) is 0 Å². The molecule has 1 aromatic carbocycles. The van der Waals surface area contributed by atoms with E-state index < -0.39 is 0 Å². The van der Waals surface area contributed by atoms with Crippen LogP contribution in [0.25, 0.3) is 0 Å². The van der Waals surface area contributed by atoms with E-state index in [-0.39, 0.29) is 0 Å². The fourth-order valence-electron chi connectivity index (χ4n) is 2.43. The Balaban J connectivity index is 1.98. The standard InChI is InChI=1S/C14H21IN2/c1-14(2)7-5-11(6-8-14)17-13-4-3-10(15)9-12(13)16/h3-4,9,11,17H,5-8,16H2,1-2H3. The highest BCUT2D eigenvalue weighted by Gasteiger charge is 2.26. The summed E-state index contributed by atoms with van der Waals surface area (Å²) in [6.07, 6.45) is 5.10. The van der Waals surface area contributed by atoms with Crippen molar-refractivity contribution in [2.75, 3.05) is 11.1 Å². The first-order chi connectivity index (χ1) is 7.96. The summed E-state index contributed by atoms with van der Waals surface area (Å²) in [5, 5.41) is 3.59. The third kappa shape index (κ3) is 3.50. The lowest BCUT2D eigenvalue weighted by Gasteiger charge is -2.35. The van der Waals surface area contributed by atoms with Crippen molar-refractivity contribution in [3.8, 4) is 0 Å². The molecule has 0 aliphatic heterocycles. The number of nitrogens with two attached hydrogens (primary N) is 1. The van der Waals surface area contributed by atoms with E-state index in [1.165, 1.54) is 29.3 Å². The summed E-state index contributed by atoms with van der Waals surface area (Å²) in [6.45, 7) is 4.73. The van der Waals surface area contributed by atoms with E-state index in [9.17, 15) is 0 Å². The molecule has 3 heteroatoms. The number of nitrogens with one attached hydrogen (secondary N) is 1. The molecule has 2 rings (SSSR count). The van der Waals surface area contributed by atoms with Gasteiger partial charge in [0, 0.05) is 9.61 Å². The highest BCUT2D eigenvalue weighted by molar-refractivity contribution is 14.1. The van der Waals surface area contributed by atoms with Crippen molar-refractivity contribution in [3.05, 3.63) is 21.8 Å². The first-order valence-electron chi connectivity index (χ1n) is 6.28. The van der Waals surface area contributed by atoms with Crippen molar-refractivity contribution in [1.29, 1.82) is 0 Å². The molecule has 0 bridgehead atoms. The van der Waals surface area contributed by atoms with E-state index in [4.69, 9.17) is 5.73 Å². The zero-order valence-corrected chi connectivity index (χ0v) is 12.8. The van der Waals surface area contributed by atoms with Crippen LogP contribution in [0.2, 0.25) is 0 Å². The molecule has 1 fully saturated rings. The molecule has 1 aliphatic rings.